The van der Waals surface area contributed by atoms with Gasteiger partial charge in [-0.05, 0) is 67.6 Å². The van der Waals surface area contributed by atoms with Gasteiger partial charge in [-0.3, -0.25) is 39.1 Å². The van der Waals surface area contributed by atoms with E-state index in [0.717, 1.165) is 85.8 Å². The van der Waals surface area contributed by atoms with E-state index in [9.17, 15) is 24.0 Å². The van der Waals surface area contributed by atoms with Crippen LogP contribution in [0.3, 0.4) is 0 Å². The highest BCUT2D eigenvalue weighted by Gasteiger charge is 2.44. The molecule has 268 valence electrons. The number of carbonyl (C=O) groups excluding carboxylic acids is 4. The molecule has 1 unspecified atom stereocenters. The van der Waals surface area contributed by atoms with E-state index in [0.29, 0.717) is 33.8 Å². The van der Waals surface area contributed by atoms with Crippen molar-refractivity contribution < 1.29 is 19.2 Å². The second-order valence-corrected chi connectivity index (χ2v) is 14.3. The fourth-order valence-electron chi connectivity index (χ4n) is 7.72. The van der Waals surface area contributed by atoms with Crippen LogP contribution in [0.1, 0.15) is 46.4 Å². The average molecular weight is 724 g/mol. The summed E-state index contributed by atoms with van der Waals surface area (Å²) < 4.78 is 1.62. The number of pyridine rings is 1. The van der Waals surface area contributed by atoms with Gasteiger partial charge in [0.05, 0.1) is 22.8 Å². The zero-order chi connectivity index (χ0) is 36.1. The first kappa shape index (κ1) is 33.8. The van der Waals surface area contributed by atoms with E-state index in [-0.39, 0.29) is 18.4 Å². The van der Waals surface area contributed by atoms with Gasteiger partial charge in [-0.15, -0.1) is 0 Å². The Bertz CT molecular complexity index is 2170. The third kappa shape index (κ3) is 6.36. The van der Waals surface area contributed by atoms with E-state index in [2.05, 4.69) is 30.3 Å². The summed E-state index contributed by atoms with van der Waals surface area (Å²) >= 11 is 6.50. The molecule has 0 aliphatic carbocycles. The number of anilines is 4. The number of amides is 4. The number of rotatable bonds is 7. The summed E-state index contributed by atoms with van der Waals surface area (Å²) in [7, 11) is 1.75. The molecule has 4 amide bonds. The largest absolute Gasteiger partial charge is 0.369 e. The summed E-state index contributed by atoms with van der Waals surface area (Å²) in [5.74, 6) is -0.272. The zero-order valence-electron chi connectivity index (χ0n) is 28.7. The minimum absolute atomic E-state index is 0.0576. The molecule has 4 aromatic rings. The third-order valence-electron chi connectivity index (χ3n) is 10.7. The van der Waals surface area contributed by atoms with Crippen LogP contribution in [0.15, 0.2) is 59.5 Å². The zero-order valence-corrected chi connectivity index (χ0v) is 29.4. The van der Waals surface area contributed by atoms with Crippen molar-refractivity contribution in [3.05, 3.63) is 81.2 Å². The van der Waals surface area contributed by atoms with Crippen molar-refractivity contribution in [2.75, 3.05) is 60.9 Å². The summed E-state index contributed by atoms with van der Waals surface area (Å²) in [5, 5.41) is 6.92. The van der Waals surface area contributed by atoms with E-state index in [1.165, 1.54) is 0 Å². The second kappa shape index (κ2) is 13.7. The number of piperidine rings is 2. The van der Waals surface area contributed by atoms with Crippen LogP contribution in [0.5, 0.6) is 0 Å². The molecule has 0 saturated carbocycles. The van der Waals surface area contributed by atoms with Gasteiger partial charge in [-0.25, -0.2) is 4.98 Å². The molecule has 4 aliphatic heterocycles. The Morgan fingerprint density at radius 2 is 1.62 bits per heavy atom. The van der Waals surface area contributed by atoms with Gasteiger partial charge in [0.15, 0.2) is 5.82 Å². The normalized spacial score (nSPS) is 20.1. The maximum Gasteiger partial charge on any atom is 0.262 e. The molecular formula is C37H38ClN9O5. The Morgan fingerprint density at radius 1 is 0.846 bits per heavy atom. The molecule has 14 nitrogen and oxygen atoms in total. The number of aromatic nitrogens is 3. The van der Waals surface area contributed by atoms with Gasteiger partial charge in [-0.1, -0.05) is 11.6 Å². The number of carbonyl (C=O) groups is 4. The molecule has 2 aromatic heterocycles. The Morgan fingerprint density at radius 3 is 2.38 bits per heavy atom. The van der Waals surface area contributed by atoms with Gasteiger partial charge < -0.3 is 19.7 Å². The number of imide groups is 2. The summed E-state index contributed by atoms with van der Waals surface area (Å²) in [6.45, 7) is 6.03. The van der Waals surface area contributed by atoms with Crippen LogP contribution in [0.2, 0.25) is 5.02 Å². The van der Waals surface area contributed by atoms with Crippen LogP contribution in [0.25, 0.3) is 10.9 Å². The van der Waals surface area contributed by atoms with Gasteiger partial charge in [0.25, 0.3) is 17.4 Å². The van der Waals surface area contributed by atoms with E-state index in [1.807, 2.05) is 30.3 Å². The first-order chi connectivity index (χ1) is 25.1. The van der Waals surface area contributed by atoms with Gasteiger partial charge in [0.2, 0.25) is 17.8 Å². The van der Waals surface area contributed by atoms with E-state index in [4.69, 9.17) is 16.6 Å². The van der Waals surface area contributed by atoms with Crippen LogP contribution in [-0.2, 0) is 16.6 Å². The van der Waals surface area contributed by atoms with E-state index in [1.54, 1.807) is 36.0 Å². The SMILES string of the molecule is Cn1c(=O)ccc2cc(Nc3nc(N4CCC(CN5CCN(c6ccc7c(c6)C(=O)N(C6CCC(=O)NC6=O)C7=O)CC5)CC4)ncc3Cl)ccc21. The number of hydrogen-bond acceptors (Lipinski definition) is 11. The van der Waals surface area contributed by atoms with Crippen molar-refractivity contribution in [3.8, 4) is 0 Å². The number of piperazine rings is 1. The smallest absolute Gasteiger partial charge is 0.262 e. The molecule has 0 radical (unpaired) electrons. The maximum atomic E-state index is 13.3. The first-order valence-electron chi connectivity index (χ1n) is 17.6. The van der Waals surface area contributed by atoms with Crippen molar-refractivity contribution in [1.82, 2.24) is 29.7 Å². The van der Waals surface area contributed by atoms with Crippen molar-refractivity contribution in [1.29, 1.82) is 0 Å². The number of halogens is 1. The summed E-state index contributed by atoms with van der Waals surface area (Å²) in [5.41, 5.74) is 3.07. The first-order valence-corrected chi connectivity index (χ1v) is 18.0. The highest BCUT2D eigenvalue weighted by atomic mass is 35.5. The molecular weight excluding hydrogens is 686 g/mol. The van der Waals surface area contributed by atoms with Crippen LogP contribution in [-0.4, -0.2) is 99.8 Å². The third-order valence-corrected chi connectivity index (χ3v) is 11.0. The van der Waals surface area contributed by atoms with Gasteiger partial charge in [-0.2, -0.15) is 4.98 Å². The summed E-state index contributed by atoms with van der Waals surface area (Å²) in [4.78, 5) is 79.6. The quantitative estimate of drug-likeness (QED) is 0.271. The number of benzene rings is 2. The Balaban J connectivity index is 0.839. The molecule has 2 N–H and O–H groups in total. The molecule has 3 saturated heterocycles. The Kier molecular flexibility index (Phi) is 8.87. The highest BCUT2D eigenvalue weighted by molar-refractivity contribution is 6.33. The topological polar surface area (TPSA) is 153 Å². The standard InChI is InChI=1S/C37H38ClN9O5/c1-43-29-6-3-24(18-23(29)2-9-32(43)49)40-33-28(38)20-39-37(42-33)46-12-10-22(11-13-46)21-44-14-16-45(17-15-44)25-4-5-26-27(19-25)36(52)47(35(26)51)30-7-8-31(48)41-34(30)50/h2-6,9,18-20,22,30H,7-8,10-17,21H2,1H3,(H,39,40,42)(H,41,48,50). The van der Waals surface area contributed by atoms with Crippen molar-refractivity contribution in [2.45, 2.75) is 31.7 Å². The van der Waals surface area contributed by atoms with Gasteiger partial charge >= 0.3 is 0 Å². The summed E-state index contributed by atoms with van der Waals surface area (Å²) in [6, 6.07) is 13.5. The second-order valence-electron chi connectivity index (χ2n) is 13.9. The lowest BCUT2D eigenvalue weighted by Gasteiger charge is -2.39. The lowest BCUT2D eigenvalue weighted by molar-refractivity contribution is -0.136. The monoisotopic (exact) mass is 723 g/mol. The fourth-order valence-corrected chi connectivity index (χ4v) is 7.86. The number of nitrogens with zero attached hydrogens (tertiary/aromatic N) is 7. The van der Waals surface area contributed by atoms with Crippen molar-refractivity contribution >= 4 is 69.3 Å². The average Bonchev–Trinajstić information content (AvgIpc) is 3.39. The predicted octanol–water partition coefficient (Wildman–Crippen LogP) is 3.17. The van der Waals surface area contributed by atoms with Crippen molar-refractivity contribution in [2.24, 2.45) is 13.0 Å². The Hall–Kier alpha value is -5.34. The Labute approximate surface area is 304 Å². The molecule has 2 aromatic carbocycles. The molecule has 4 aliphatic rings. The van der Waals surface area contributed by atoms with E-state index < -0.39 is 29.7 Å². The fraction of sp³-hybridized carbons (Fsp3) is 0.378. The molecule has 8 rings (SSSR count). The van der Waals surface area contributed by atoms with Crippen LogP contribution in [0, 0.1) is 5.92 Å². The van der Waals surface area contributed by atoms with Crippen LogP contribution in [0.4, 0.5) is 23.1 Å². The lowest BCUT2D eigenvalue weighted by Crippen LogP contribution is -2.54. The number of fused-ring (bicyclic) bond motifs is 2. The van der Waals surface area contributed by atoms with Crippen LogP contribution < -0.4 is 26.0 Å². The molecule has 0 spiro atoms. The molecule has 15 heteroatoms. The summed E-state index contributed by atoms with van der Waals surface area (Å²) in [6.07, 6.45) is 3.89. The van der Waals surface area contributed by atoms with Crippen LogP contribution >= 0.6 is 11.6 Å². The molecule has 0 bridgehead atoms. The number of aryl methyl sites for hydroxylation is 1. The maximum absolute atomic E-state index is 13.3. The number of nitrogens with one attached hydrogen (secondary N) is 2. The van der Waals surface area contributed by atoms with Gasteiger partial charge in [0, 0.05) is 82.1 Å². The molecule has 1 atom stereocenters. The van der Waals surface area contributed by atoms with E-state index >= 15 is 0 Å². The molecule has 6 heterocycles. The molecule has 3 fully saturated rings. The van der Waals surface area contributed by atoms with Gasteiger partial charge in [0.1, 0.15) is 11.1 Å². The lowest BCUT2D eigenvalue weighted by atomic mass is 9.96. The molecule has 52 heavy (non-hydrogen) atoms. The number of hydrogen-bond donors (Lipinski definition) is 2. The predicted molar refractivity (Wildman–Crippen MR) is 196 cm³/mol. The minimum atomic E-state index is -0.974. The minimum Gasteiger partial charge on any atom is -0.369 e. The van der Waals surface area contributed by atoms with Crippen molar-refractivity contribution in [3.63, 3.8) is 0 Å². The highest BCUT2D eigenvalue weighted by Crippen LogP contribution is 2.32.